The first-order chi connectivity index (χ1) is 9.47. The Morgan fingerprint density at radius 3 is 2.60 bits per heavy atom. The van der Waals surface area contributed by atoms with Crippen LogP contribution in [-0.4, -0.2) is 37.3 Å². The van der Waals surface area contributed by atoms with Crippen LogP contribution in [0.4, 0.5) is 5.69 Å². The van der Waals surface area contributed by atoms with Crippen LogP contribution in [0.1, 0.15) is 30.1 Å². The van der Waals surface area contributed by atoms with E-state index in [0.717, 1.165) is 0 Å². The van der Waals surface area contributed by atoms with Gasteiger partial charge in [-0.15, -0.1) is 0 Å². The van der Waals surface area contributed by atoms with Gasteiger partial charge < -0.3 is 19.9 Å². The number of nitrogens with one attached hydrogen (secondary N) is 1. The summed E-state index contributed by atoms with van der Waals surface area (Å²) < 4.78 is 10.2. The molecule has 0 aliphatic heterocycles. The summed E-state index contributed by atoms with van der Waals surface area (Å²) in [6.45, 7) is 1.87. The van der Waals surface area contributed by atoms with Crippen molar-refractivity contribution in [3.05, 3.63) is 23.8 Å². The number of carboxylic acids is 1. The molecular formula is C14H19NO5. The SMILES string of the molecule is COc1ccc(C(=O)O)cc1NC(=O)CCC(C)OC. The number of hydrogen-bond donors (Lipinski definition) is 2. The van der Waals surface area contributed by atoms with Gasteiger partial charge in [0.05, 0.1) is 24.5 Å². The molecule has 0 aliphatic carbocycles. The molecule has 20 heavy (non-hydrogen) atoms. The molecule has 110 valence electrons. The summed E-state index contributed by atoms with van der Waals surface area (Å²) in [4.78, 5) is 22.7. The standard InChI is InChI=1S/C14H19NO5/c1-9(19-2)4-7-13(16)15-11-8-10(14(17)18)5-6-12(11)20-3/h5-6,8-9H,4,7H2,1-3H3,(H,15,16)(H,17,18). The Labute approximate surface area is 117 Å². The first-order valence-corrected chi connectivity index (χ1v) is 6.22. The molecule has 0 saturated heterocycles. The lowest BCUT2D eigenvalue weighted by Crippen LogP contribution is -2.16. The van der Waals surface area contributed by atoms with Gasteiger partial charge in [0.25, 0.3) is 0 Å². The van der Waals surface area contributed by atoms with Crippen LogP contribution in [0.2, 0.25) is 0 Å². The van der Waals surface area contributed by atoms with Gasteiger partial charge in [0.1, 0.15) is 5.75 Å². The second-order valence-electron chi connectivity index (χ2n) is 4.35. The number of hydrogen-bond acceptors (Lipinski definition) is 4. The molecule has 2 N–H and O–H groups in total. The summed E-state index contributed by atoms with van der Waals surface area (Å²) in [5.41, 5.74) is 0.439. The van der Waals surface area contributed by atoms with Crippen molar-refractivity contribution in [2.75, 3.05) is 19.5 Å². The van der Waals surface area contributed by atoms with E-state index in [9.17, 15) is 9.59 Å². The zero-order valence-corrected chi connectivity index (χ0v) is 11.8. The molecule has 1 rings (SSSR count). The van der Waals surface area contributed by atoms with Gasteiger partial charge in [0.2, 0.25) is 5.91 Å². The maximum atomic E-state index is 11.8. The molecule has 0 aliphatic rings. The predicted molar refractivity (Wildman–Crippen MR) is 74.3 cm³/mol. The fourth-order valence-corrected chi connectivity index (χ4v) is 1.60. The minimum Gasteiger partial charge on any atom is -0.495 e. The van der Waals surface area contributed by atoms with E-state index in [0.29, 0.717) is 17.9 Å². The van der Waals surface area contributed by atoms with Crippen LogP contribution in [0.5, 0.6) is 5.75 Å². The Hall–Kier alpha value is -2.08. The van der Waals surface area contributed by atoms with E-state index in [4.69, 9.17) is 14.6 Å². The van der Waals surface area contributed by atoms with Crippen molar-refractivity contribution in [3.8, 4) is 5.75 Å². The minimum atomic E-state index is -1.06. The van der Waals surface area contributed by atoms with Crippen LogP contribution in [0.25, 0.3) is 0 Å². The van der Waals surface area contributed by atoms with Gasteiger partial charge in [0, 0.05) is 13.5 Å². The van der Waals surface area contributed by atoms with Crippen molar-refractivity contribution >= 4 is 17.6 Å². The lowest BCUT2D eigenvalue weighted by atomic mass is 10.1. The highest BCUT2D eigenvalue weighted by atomic mass is 16.5. The van der Waals surface area contributed by atoms with Gasteiger partial charge in [-0.2, -0.15) is 0 Å². The van der Waals surface area contributed by atoms with Crippen LogP contribution in [0.3, 0.4) is 0 Å². The second kappa shape index (κ2) is 7.49. The molecule has 0 radical (unpaired) electrons. The van der Waals surface area contributed by atoms with E-state index < -0.39 is 5.97 Å². The molecule has 1 unspecified atom stereocenters. The first kappa shape index (κ1) is 16.0. The molecule has 0 heterocycles. The summed E-state index contributed by atoms with van der Waals surface area (Å²) in [6, 6.07) is 4.31. The molecule has 1 atom stereocenters. The molecule has 0 aromatic heterocycles. The topological polar surface area (TPSA) is 84.9 Å². The lowest BCUT2D eigenvalue weighted by Gasteiger charge is -2.12. The predicted octanol–water partition coefficient (Wildman–Crippen LogP) is 2.15. The van der Waals surface area contributed by atoms with Gasteiger partial charge in [-0.3, -0.25) is 4.79 Å². The van der Waals surface area contributed by atoms with Gasteiger partial charge in [-0.05, 0) is 31.5 Å². The lowest BCUT2D eigenvalue weighted by molar-refractivity contribution is -0.116. The smallest absolute Gasteiger partial charge is 0.335 e. The van der Waals surface area contributed by atoms with Gasteiger partial charge >= 0.3 is 5.97 Å². The monoisotopic (exact) mass is 281 g/mol. The Morgan fingerprint density at radius 1 is 1.35 bits per heavy atom. The zero-order valence-electron chi connectivity index (χ0n) is 11.8. The summed E-state index contributed by atoms with van der Waals surface area (Å²) in [5, 5.41) is 11.6. The maximum Gasteiger partial charge on any atom is 0.335 e. The summed E-state index contributed by atoms with van der Waals surface area (Å²) in [7, 11) is 3.04. The quantitative estimate of drug-likeness (QED) is 0.800. The Bertz CT molecular complexity index is 486. The van der Waals surface area contributed by atoms with E-state index in [-0.39, 0.29) is 24.0 Å². The van der Waals surface area contributed by atoms with Crippen molar-refractivity contribution in [3.63, 3.8) is 0 Å². The van der Waals surface area contributed by atoms with Crippen LogP contribution in [0.15, 0.2) is 18.2 Å². The van der Waals surface area contributed by atoms with E-state index in [2.05, 4.69) is 5.32 Å². The molecular weight excluding hydrogens is 262 g/mol. The van der Waals surface area contributed by atoms with Crippen molar-refractivity contribution < 1.29 is 24.2 Å². The van der Waals surface area contributed by atoms with E-state index >= 15 is 0 Å². The normalized spacial score (nSPS) is 11.8. The Kier molecular flexibility index (Phi) is 5.99. The van der Waals surface area contributed by atoms with Crippen LogP contribution < -0.4 is 10.1 Å². The minimum absolute atomic E-state index is 0.00648. The fourth-order valence-electron chi connectivity index (χ4n) is 1.60. The van der Waals surface area contributed by atoms with E-state index in [1.807, 2.05) is 6.92 Å². The van der Waals surface area contributed by atoms with Gasteiger partial charge in [-0.25, -0.2) is 4.79 Å². The van der Waals surface area contributed by atoms with Crippen molar-refractivity contribution in [2.45, 2.75) is 25.9 Å². The molecule has 0 bridgehead atoms. The Morgan fingerprint density at radius 2 is 2.05 bits per heavy atom. The summed E-state index contributed by atoms with van der Waals surface area (Å²) in [6.07, 6.45) is 0.867. The fraction of sp³-hybridized carbons (Fsp3) is 0.429. The molecule has 1 amide bonds. The summed E-state index contributed by atoms with van der Waals surface area (Å²) >= 11 is 0. The number of carbonyl (C=O) groups excluding carboxylic acids is 1. The number of ether oxygens (including phenoxy) is 2. The van der Waals surface area contributed by atoms with E-state index in [1.165, 1.54) is 25.3 Å². The van der Waals surface area contributed by atoms with Crippen LogP contribution in [-0.2, 0) is 9.53 Å². The number of methoxy groups -OCH3 is 2. The number of carboxylic acid groups (broad SMARTS) is 1. The molecule has 0 fully saturated rings. The number of amides is 1. The highest BCUT2D eigenvalue weighted by molar-refractivity contribution is 5.95. The first-order valence-electron chi connectivity index (χ1n) is 6.22. The zero-order chi connectivity index (χ0) is 15.1. The number of rotatable bonds is 7. The van der Waals surface area contributed by atoms with Gasteiger partial charge in [0.15, 0.2) is 0 Å². The second-order valence-corrected chi connectivity index (χ2v) is 4.35. The van der Waals surface area contributed by atoms with Gasteiger partial charge in [-0.1, -0.05) is 0 Å². The average molecular weight is 281 g/mol. The highest BCUT2D eigenvalue weighted by Gasteiger charge is 2.12. The van der Waals surface area contributed by atoms with Crippen LogP contribution in [0, 0.1) is 0 Å². The third kappa shape index (κ3) is 4.55. The maximum absolute atomic E-state index is 11.8. The molecule has 6 nitrogen and oxygen atoms in total. The van der Waals surface area contributed by atoms with E-state index in [1.54, 1.807) is 7.11 Å². The van der Waals surface area contributed by atoms with Crippen LogP contribution >= 0.6 is 0 Å². The molecule has 0 saturated carbocycles. The number of anilines is 1. The number of carbonyl (C=O) groups is 2. The largest absolute Gasteiger partial charge is 0.495 e. The van der Waals surface area contributed by atoms with Crippen molar-refractivity contribution in [2.24, 2.45) is 0 Å². The van der Waals surface area contributed by atoms with Crippen molar-refractivity contribution in [1.82, 2.24) is 0 Å². The molecule has 0 spiro atoms. The Balaban J connectivity index is 2.76. The molecule has 1 aromatic rings. The third-order valence-corrected chi connectivity index (χ3v) is 2.90. The summed E-state index contributed by atoms with van der Waals surface area (Å²) in [5.74, 6) is -0.853. The third-order valence-electron chi connectivity index (χ3n) is 2.90. The number of benzene rings is 1. The average Bonchev–Trinajstić information content (AvgIpc) is 2.44. The molecule has 1 aromatic carbocycles. The number of aromatic carboxylic acids is 1. The molecule has 6 heteroatoms. The van der Waals surface area contributed by atoms with Crippen molar-refractivity contribution in [1.29, 1.82) is 0 Å². The highest BCUT2D eigenvalue weighted by Crippen LogP contribution is 2.25.